The molecule has 4 heterocycles. The van der Waals surface area contributed by atoms with Crippen LogP contribution in [0.5, 0.6) is 0 Å². The molecule has 1 aromatic carbocycles. The van der Waals surface area contributed by atoms with Gasteiger partial charge in [-0.2, -0.15) is 0 Å². The Hall–Kier alpha value is -2.11. The third kappa shape index (κ3) is 3.60. The summed E-state index contributed by atoms with van der Waals surface area (Å²) in [7, 11) is 0. The first-order chi connectivity index (χ1) is 17.8. The Kier molecular flexibility index (Phi) is 5.64. The normalized spacial score (nSPS) is 31.4. The van der Waals surface area contributed by atoms with Gasteiger partial charge in [-0.25, -0.2) is 0 Å². The first-order valence-corrected chi connectivity index (χ1v) is 15.2. The number of halogens is 2. The van der Waals surface area contributed by atoms with Crippen LogP contribution in [0.2, 0.25) is 10.0 Å². The summed E-state index contributed by atoms with van der Waals surface area (Å²) in [5, 5.41) is 6.45. The molecule has 0 radical (unpaired) electrons. The quantitative estimate of drug-likeness (QED) is 0.420. The minimum atomic E-state index is -0.463. The molecule has 4 aliphatic rings. The van der Waals surface area contributed by atoms with Crippen LogP contribution >= 0.6 is 57.6 Å². The number of aromatic nitrogens is 1. The highest BCUT2D eigenvalue weighted by Gasteiger charge is 2.69. The van der Waals surface area contributed by atoms with Gasteiger partial charge in [-0.3, -0.25) is 24.1 Å². The van der Waals surface area contributed by atoms with E-state index in [1.807, 2.05) is 11.4 Å². The van der Waals surface area contributed by atoms with Crippen molar-refractivity contribution < 1.29 is 14.4 Å². The molecule has 2 saturated carbocycles. The van der Waals surface area contributed by atoms with Crippen molar-refractivity contribution in [3.05, 3.63) is 65.2 Å². The summed E-state index contributed by atoms with van der Waals surface area (Å²) in [5.74, 6) is -1.55. The first kappa shape index (κ1) is 24.0. The smallest absolute Gasteiger partial charge is 0.305 e. The number of rotatable bonds is 4. The number of anilines is 1. The Morgan fingerprint density at radius 3 is 2.59 bits per heavy atom. The predicted molar refractivity (Wildman–Crippen MR) is 145 cm³/mol. The Morgan fingerprint density at radius 1 is 1.08 bits per heavy atom. The number of nitrogens with one attached hydrogen (secondary N) is 2. The number of amides is 3. The molecule has 2 aromatic heterocycles. The highest BCUT2D eigenvalue weighted by molar-refractivity contribution is 8.00. The fraction of sp³-hybridized carbons (Fsp3) is 0.360. The average molecular weight is 593 g/mol. The number of carbonyl (C=O) groups is 3. The first-order valence-electron chi connectivity index (χ1n) is 11.8. The van der Waals surface area contributed by atoms with Gasteiger partial charge < -0.3 is 10.3 Å². The number of nitrogens with zero attached hydrogens (tertiary/aromatic N) is 1. The third-order valence-corrected chi connectivity index (χ3v) is 12.5. The topological polar surface area (TPSA) is 99.3 Å². The second kappa shape index (κ2) is 8.71. The summed E-state index contributed by atoms with van der Waals surface area (Å²) in [4.78, 5) is 58.5. The van der Waals surface area contributed by atoms with E-state index in [2.05, 4.69) is 16.4 Å². The maximum absolute atomic E-state index is 13.6. The Bertz CT molecular complexity index is 1520. The van der Waals surface area contributed by atoms with E-state index in [1.54, 1.807) is 35.2 Å². The third-order valence-electron chi connectivity index (χ3n) is 8.17. The van der Waals surface area contributed by atoms with E-state index in [0.717, 1.165) is 21.2 Å². The number of imide groups is 1. The van der Waals surface area contributed by atoms with Crippen LogP contribution < -0.4 is 10.2 Å². The van der Waals surface area contributed by atoms with E-state index < -0.39 is 17.7 Å². The fourth-order valence-corrected chi connectivity index (χ4v) is 11.1. The Balaban J connectivity index is 1.17. The van der Waals surface area contributed by atoms with Crippen molar-refractivity contribution in [3.63, 3.8) is 0 Å². The van der Waals surface area contributed by atoms with Crippen LogP contribution in [0.15, 0.2) is 45.5 Å². The summed E-state index contributed by atoms with van der Waals surface area (Å²) in [5.41, 5.74) is 0.445. The Morgan fingerprint density at radius 2 is 1.86 bits per heavy atom. The van der Waals surface area contributed by atoms with Crippen LogP contribution in [0.1, 0.15) is 22.1 Å². The van der Waals surface area contributed by atoms with Crippen LogP contribution in [-0.2, 0) is 14.4 Å². The van der Waals surface area contributed by atoms with E-state index in [4.69, 9.17) is 23.2 Å². The molecule has 6 unspecified atom stereocenters. The van der Waals surface area contributed by atoms with Crippen LogP contribution in [0.25, 0.3) is 0 Å². The number of hydrogen-bond donors (Lipinski definition) is 2. The number of carbonyl (C=O) groups excluding carboxylic acids is 3. The number of thiophene rings is 1. The zero-order valence-corrected chi connectivity index (χ0v) is 22.9. The molecule has 3 amide bonds. The van der Waals surface area contributed by atoms with Crippen molar-refractivity contribution in [1.82, 2.24) is 9.88 Å². The van der Waals surface area contributed by atoms with Crippen molar-refractivity contribution in [1.29, 1.82) is 0 Å². The monoisotopic (exact) mass is 591 g/mol. The van der Waals surface area contributed by atoms with Crippen molar-refractivity contribution in [2.24, 2.45) is 29.6 Å². The lowest BCUT2D eigenvalue weighted by Crippen LogP contribution is -2.42. The van der Waals surface area contributed by atoms with Gasteiger partial charge in [-0.1, -0.05) is 40.6 Å². The van der Waals surface area contributed by atoms with Gasteiger partial charge in [0.15, 0.2) is 0 Å². The number of thiazole rings is 1. The number of benzene rings is 1. The standard InChI is InChI=1S/C25H19Cl2N3O4S3/c26-12-4-3-9(6-13(12)27)28-15(31)8-30-23(32)17-10-7-11(18(17)24(30)33)20-16(10)19(14-2-1-5-35-14)21-22(36-20)29-25(34)37-21/h1-6,10-11,16-20H,7-8H2,(H,28,31)(H,29,34)/t10?,11?,16?,17?,18?,19-,20?/m1/s1. The predicted octanol–water partition coefficient (Wildman–Crippen LogP) is 4.92. The van der Waals surface area contributed by atoms with Gasteiger partial charge in [-0.15, -0.1) is 23.1 Å². The summed E-state index contributed by atoms with van der Waals surface area (Å²) < 4.78 is 0. The van der Waals surface area contributed by atoms with E-state index in [9.17, 15) is 19.2 Å². The molecular weight excluding hydrogens is 573 g/mol. The highest BCUT2D eigenvalue weighted by Crippen LogP contribution is 2.68. The molecule has 2 bridgehead atoms. The maximum Gasteiger partial charge on any atom is 0.305 e. The molecule has 12 heteroatoms. The lowest BCUT2D eigenvalue weighted by atomic mass is 9.69. The molecule has 37 heavy (non-hydrogen) atoms. The van der Waals surface area contributed by atoms with Crippen LogP contribution in [0, 0.1) is 29.6 Å². The van der Waals surface area contributed by atoms with Gasteiger partial charge in [0.05, 0.1) is 26.9 Å². The van der Waals surface area contributed by atoms with Gasteiger partial charge in [0.1, 0.15) is 6.54 Å². The molecular formula is C25H19Cl2N3O4S3. The van der Waals surface area contributed by atoms with E-state index in [1.165, 1.54) is 22.3 Å². The minimum Gasteiger partial charge on any atom is -0.324 e. The van der Waals surface area contributed by atoms with Crippen molar-refractivity contribution in [2.75, 3.05) is 11.9 Å². The van der Waals surface area contributed by atoms with E-state index in [0.29, 0.717) is 15.7 Å². The molecule has 3 fully saturated rings. The largest absolute Gasteiger partial charge is 0.324 e. The summed E-state index contributed by atoms with van der Waals surface area (Å²) in [6.07, 6.45) is 0.819. The lowest BCUT2D eigenvalue weighted by Gasteiger charge is -2.42. The molecule has 2 N–H and O–H groups in total. The highest BCUT2D eigenvalue weighted by atomic mass is 35.5. The molecule has 0 spiro atoms. The minimum absolute atomic E-state index is 0.0311. The van der Waals surface area contributed by atoms with Gasteiger partial charge in [-0.05, 0) is 53.8 Å². The maximum atomic E-state index is 13.6. The van der Waals surface area contributed by atoms with Gasteiger partial charge in [0.25, 0.3) is 0 Å². The molecule has 1 saturated heterocycles. The number of likely N-dealkylation sites (tertiary alicyclic amines) is 1. The van der Waals surface area contributed by atoms with Crippen LogP contribution in [0.4, 0.5) is 5.69 Å². The molecule has 190 valence electrons. The van der Waals surface area contributed by atoms with Crippen molar-refractivity contribution >= 4 is 81.0 Å². The number of thioether (sulfide) groups is 1. The number of hydrogen-bond acceptors (Lipinski definition) is 7. The molecule has 2 aliphatic heterocycles. The van der Waals surface area contributed by atoms with Crippen LogP contribution in [-0.4, -0.2) is 39.4 Å². The van der Waals surface area contributed by atoms with Crippen molar-refractivity contribution in [2.45, 2.75) is 22.6 Å². The van der Waals surface area contributed by atoms with Gasteiger partial charge >= 0.3 is 4.87 Å². The summed E-state index contributed by atoms with van der Waals surface area (Å²) in [6, 6.07) is 8.83. The van der Waals surface area contributed by atoms with Gasteiger partial charge in [0, 0.05) is 26.6 Å². The van der Waals surface area contributed by atoms with E-state index >= 15 is 0 Å². The summed E-state index contributed by atoms with van der Waals surface area (Å²) in [6.45, 7) is -0.332. The van der Waals surface area contributed by atoms with Crippen LogP contribution in [0.3, 0.4) is 0 Å². The summed E-state index contributed by atoms with van der Waals surface area (Å²) >= 11 is 16.6. The second-order valence-electron chi connectivity index (χ2n) is 9.92. The molecule has 2 aliphatic carbocycles. The molecule has 3 aromatic rings. The SMILES string of the molecule is O=C(CN1C(=O)C2C3CC(C2C1=O)C1C3Sc2[nH]c(=O)sc2[C@@H]1c1cccs1)Nc1ccc(Cl)c(Cl)c1. The molecule has 7 atom stereocenters. The Labute approximate surface area is 233 Å². The molecule has 7 rings (SSSR count). The zero-order chi connectivity index (χ0) is 25.6. The van der Waals surface area contributed by atoms with Crippen molar-refractivity contribution in [3.8, 4) is 0 Å². The second-order valence-corrected chi connectivity index (χ2v) is 13.9. The lowest BCUT2D eigenvalue weighted by molar-refractivity contribution is -0.143. The number of aromatic amines is 1. The molecule has 7 nitrogen and oxygen atoms in total. The fourth-order valence-electron chi connectivity index (χ4n) is 6.94. The van der Waals surface area contributed by atoms with Gasteiger partial charge in [0.2, 0.25) is 17.7 Å². The van der Waals surface area contributed by atoms with E-state index in [-0.39, 0.29) is 52.2 Å². The zero-order valence-electron chi connectivity index (χ0n) is 19.0. The number of H-pyrrole nitrogens is 1. The number of fused-ring (bicyclic) bond motifs is 9. The average Bonchev–Trinajstić information content (AvgIpc) is 3.67.